The van der Waals surface area contributed by atoms with Gasteiger partial charge in [0, 0.05) is 16.5 Å². The highest BCUT2D eigenvalue weighted by Gasteiger charge is 2.30. The summed E-state index contributed by atoms with van der Waals surface area (Å²) < 4.78 is 44.7. The monoisotopic (exact) mass is 502 g/mol. The number of nitrogens with zero attached hydrogens (tertiary/aromatic N) is 2. The zero-order valence-corrected chi connectivity index (χ0v) is 18.9. The fourth-order valence-corrected chi connectivity index (χ4v) is 4.18. The van der Waals surface area contributed by atoms with Crippen LogP contribution in [0.1, 0.15) is 23.0 Å². The van der Waals surface area contributed by atoms with Crippen molar-refractivity contribution in [2.45, 2.75) is 13.1 Å². The number of thiophene rings is 1. The Morgan fingerprint density at radius 1 is 1.06 bits per heavy atom. The van der Waals surface area contributed by atoms with Gasteiger partial charge in [0.2, 0.25) is 0 Å². The largest absolute Gasteiger partial charge is 0.461 e. The number of ether oxygens (including phenoxy) is 1. The van der Waals surface area contributed by atoms with Gasteiger partial charge in [0.25, 0.3) is 5.56 Å². The lowest BCUT2D eigenvalue weighted by atomic mass is 10.2. The molecule has 0 fully saturated rings. The van der Waals surface area contributed by atoms with Crippen molar-refractivity contribution in [2.75, 3.05) is 17.2 Å². The number of para-hydroxylation sites is 1. The van der Waals surface area contributed by atoms with Crippen molar-refractivity contribution in [1.82, 2.24) is 9.78 Å². The van der Waals surface area contributed by atoms with E-state index in [4.69, 9.17) is 4.74 Å². The van der Waals surface area contributed by atoms with Crippen LogP contribution in [0.3, 0.4) is 0 Å². The normalized spacial score (nSPS) is 11.3. The highest BCUT2D eigenvalue weighted by molar-refractivity contribution is 7.16. The van der Waals surface area contributed by atoms with Crippen molar-refractivity contribution in [2.24, 2.45) is 0 Å². The average Bonchev–Trinajstić information content (AvgIpc) is 3.23. The van der Waals surface area contributed by atoms with E-state index in [1.54, 1.807) is 37.3 Å². The van der Waals surface area contributed by atoms with Crippen molar-refractivity contribution in [3.05, 3.63) is 81.6 Å². The zero-order valence-electron chi connectivity index (χ0n) is 18.1. The summed E-state index contributed by atoms with van der Waals surface area (Å²) in [5.41, 5.74) is -1.34. The summed E-state index contributed by atoms with van der Waals surface area (Å²) >= 11 is 0.993. The van der Waals surface area contributed by atoms with Gasteiger partial charge in [0.15, 0.2) is 5.69 Å². The van der Waals surface area contributed by atoms with Crippen LogP contribution in [-0.4, -0.2) is 28.4 Å². The molecule has 0 saturated heterocycles. The maximum atomic E-state index is 13.3. The molecule has 0 aliphatic heterocycles. The summed E-state index contributed by atoms with van der Waals surface area (Å²) in [5, 5.41) is 11.0. The van der Waals surface area contributed by atoms with E-state index in [9.17, 15) is 27.6 Å². The van der Waals surface area contributed by atoms with Gasteiger partial charge in [-0.05, 0) is 43.3 Å². The number of halogens is 3. The minimum atomic E-state index is -4.56. The van der Waals surface area contributed by atoms with Crippen LogP contribution in [0.5, 0.6) is 0 Å². The van der Waals surface area contributed by atoms with E-state index in [0.717, 1.165) is 40.3 Å². The van der Waals surface area contributed by atoms with Gasteiger partial charge in [-0.3, -0.25) is 10.1 Å². The molecule has 2 N–H and O–H groups in total. The highest BCUT2D eigenvalue weighted by atomic mass is 32.1. The van der Waals surface area contributed by atoms with Gasteiger partial charge in [0.05, 0.1) is 23.2 Å². The number of hydrogen-bond acceptors (Lipinski definition) is 6. The van der Waals surface area contributed by atoms with E-state index in [1.165, 1.54) is 5.38 Å². The van der Waals surface area contributed by atoms with Crippen LogP contribution in [0, 0.1) is 0 Å². The molecule has 0 aliphatic carbocycles. The quantitative estimate of drug-likeness (QED) is 0.361. The van der Waals surface area contributed by atoms with Gasteiger partial charge < -0.3 is 10.1 Å². The molecular formula is C23H17F3N4O4S. The molecule has 0 atom stereocenters. The van der Waals surface area contributed by atoms with Crippen LogP contribution in [0.4, 0.5) is 28.7 Å². The third-order valence-electron chi connectivity index (χ3n) is 4.82. The number of carbonyl (C=O) groups is 2. The maximum Gasteiger partial charge on any atom is 0.416 e. The van der Waals surface area contributed by atoms with Crippen molar-refractivity contribution in [3.63, 3.8) is 0 Å². The Hall–Kier alpha value is -4.19. The molecule has 2 heterocycles. The standard InChI is InChI=1S/C23H17F3N4O4S/c1-2-34-21(32)18-16-12-35-19(28-22(33)27-14-6-4-3-5-7-14)17(16)20(31)30(29-18)15-10-8-13(9-11-15)23(24,25)26/h3-12H,2H2,1H3,(H2,27,28,33). The Morgan fingerprint density at radius 2 is 1.74 bits per heavy atom. The lowest BCUT2D eigenvalue weighted by molar-refractivity contribution is -0.137. The van der Waals surface area contributed by atoms with Gasteiger partial charge in [-0.25, -0.2) is 9.59 Å². The van der Waals surface area contributed by atoms with E-state index in [1.807, 2.05) is 0 Å². The van der Waals surface area contributed by atoms with Gasteiger partial charge in [-0.15, -0.1) is 11.3 Å². The fraction of sp³-hybridized carbons (Fsp3) is 0.130. The van der Waals surface area contributed by atoms with Gasteiger partial charge in [-0.2, -0.15) is 23.0 Å². The van der Waals surface area contributed by atoms with Gasteiger partial charge in [0.1, 0.15) is 5.00 Å². The second-order valence-electron chi connectivity index (χ2n) is 7.13. The Kier molecular flexibility index (Phi) is 6.56. The summed E-state index contributed by atoms with van der Waals surface area (Å²) in [6.45, 7) is 1.63. The van der Waals surface area contributed by atoms with Crippen LogP contribution >= 0.6 is 11.3 Å². The number of urea groups is 1. The predicted molar refractivity (Wildman–Crippen MR) is 125 cm³/mol. The Labute approximate surface area is 200 Å². The highest BCUT2D eigenvalue weighted by Crippen LogP contribution is 2.32. The first-order valence-corrected chi connectivity index (χ1v) is 11.1. The van der Waals surface area contributed by atoms with E-state index in [0.29, 0.717) is 5.69 Å². The van der Waals surface area contributed by atoms with Crippen LogP contribution in [0.2, 0.25) is 0 Å². The van der Waals surface area contributed by atoms with E-state index in [-0.39, 0.29) is 33.8 Å². The first kappa shape index (κ1) is 24.0. The van der Waals surface area contributed by atoms with Crippen LogP contribution in [0.15, 0.2) is 64.8 Å². The molecule has 180 valence electrons. The number of benzene rings is 2. The number of alkyl halides is 3. The van der Waals surface area contributed by atoms with Crippen molar-refractivity contribution in [3.8, 4) is 5.69 Å². The number of aromatic nitrogens is 2. The second-order valence-corrected chi connectivity index (χ2v) is 8.01. The molecule has 2 aromatic carbocycles. The maximum absolute atomic E-state index is 13.3. The Balaban J connectivity index is 1.80. The first-order valence-electron chi connectivity index (χ1n) is 10.2. The summed E-state index contributed by atoms with van der Waals surface area (Å²) in [7, 11) is 0. The SMILES string of the molecule is CCOC(=O)c1nn(-c2ccc(C(F)(F)F)cc2)c(=O)c2c(NC(=O)Nc3ccccc3)scc12. The van der Waals surface area contributed by atoms with Crippen LogP contribution in [-0.2, 0) is 10.9 Å². The molecule has 8 nitrogen and oxygen atoms in total. The van der Waals surface area contributed by atoms with Crippen molar-refractivity contribution >= 4 is 44.8 Å². The number of rotatable bonds is 5. The van der Waals surface area contributed by atoms with Gasteiger partial charge >= 0.3 is 18.2 Å². The molecule has 12 heteroatoms. The fourth-order valence-electron chi connectivity index (χ4n) is 3.25. The number of esters is 1. The Bertz CT molecular complexity index is 1450. The smallest absolute Gasteiger partial charge is 0.416 e. The molecular weight excluding hydrogens is 485 g/mol. The topological polar surface area (TPSA) is 102 Å². The Morgan fingerprint density at radius 3 is 2.37 bits per heavy atom. The van der Waals surface area contributed by atoms with E-state index < -0.39 is 29.3 Å². The molecule has 0 spiro atoms. The molecule has 2 aromatic heterocycles. The molecule has 0 radical (unpaired) electrons. The van der Waals surface area contributed by atoms with Gasteiger partial charge in [-0.1, -0.05) is 18.2 Å². The van der Waals surface area contributed by atoms with Crippen molar-refractivity contribution < 1.29 is 27.5 Å². The summed E-state index contributed by atoms with van der Waals surface area (Å²) in [5.74, 6) is -0.823. The minimum absolute atomic E-state index is 0.00124. The number of carbonyl (C=O) groups excluding carboxylic acids is 2. The summed E-state index contributed by atoms with van der Waals surface area (Å²) in [6.07, 6.45) is -4.56. The third kappa shape index (κ3) is 5.01. The third-order valence-corrected chi connectivity index (χ3v) is 5.71. The molecule has 2 amide bonds. The average molecular weight is 502 g/mol. The predicted octanol–water partition coefficient (Wildman–Crippen LogP) is 5.29. The second kappa shape index (κ2) is 9.58. The van der Waals surface area contributed by atoms with E-state index >= 15 is 0 Å². The van der Waals surface area contributed by atoms with Crippen molar-refractivity contribution in [1.29, 1.82) is 0 Å². The number of fused-ring (bicyclic) bond motifs is 1. The summed E-state index contributed by atoms with van der Waals surface area (Å²) in [6, 6.07) is 11.7. The van der Waals surface area contributed by atoms with E-state index in [2.05, 4.69) is 15.7 Å². The number of amides is 2. The zero-order chi connectivity index (χ0) is 25.2. The molecule has 4 rings (SSSR count). The molecule has 0 bridgehead atoms. The molecule has 35 heavy (non-hydrogen) atoms. The number of nitrogens with one attached hydrogen (secondary N) is 2. The molecule has 0 saturated carbocycles. The van der Waals surface area contributed by atoms with Crippen LogP contribution < -0.4 is 16.2 Å². The number of hydrogen-bond donors (Lipinski definition) is 2. The number of anilines is 2. The minimum Gasteiger partial charge on any atom is -0.461 e. The lowest BCUT2D eigenvalue weighted by Gasteiger charge is -2.11. The van der Waals surface area contributed by atoms with Crippen LogP contribution in [0.25, 0.3) is 16.5 Å². The summed E-state index contributed by atoms with van der Waals surface area (Å²) in [4.78, 5) is 38.4. The molecule has 4 aromatic rings. The molecule has 0 aliphatic rings. The molecule has 0 unspecified atom stereocenters. The lowest BCUT2D eigenvalue weighted by Crippen LogP contribution is -2.26. The first-order chi connectivity index (χ1) is 16.7.